The molecule has 0 heterocycles. The third-order valence-electron chi connectivity index (χ3n) is 3.95. The smallest absolute Gasteiger partial charge is 0.108 e. The third kappa shape index (κ3) is 3.77. The van der Waals surface area contributed by atoms with Gasteiger partial charge >= 0.3 is 0 Å². The molecule has 0 fully saturated rings. The zero-order valence-corrected chi connectivity index (χ0v) is 15.2. The fourth-order valence-corrected chi connectivity index (χ4v) is 6.22. The number of hydrogen-bond donors (Lipinski definition) is 0. The lowest BCUT2D eigenvalue weighted by atomic mass is 10.0. The molecule has 0 saturated heterocycles. The van der Waals surface area contributed by atoms with E-state index in [1.807, 2.05) is 7.11 Å². The van der Waals surface area contributed by atoms with Crippen LogP contribution in [0.4, 0.5) is 0 Å². The van der Waals surface area contributed by atoms with Gasteiger partial charge < -0.3 is 4.74 Å². The predicted molar refractivity (Wildman–Crippen MR) is 98.6 cm³/mol. The Kier molecular flexibility index (Phi) is 6.17. The predicted octanol–water partition coefficient (Wildman–Crippen LogP) is 5.35. The van der Waals surface area contributed by atoms with Crippen LogP contribution in [0, 0.1) is 0 Å². The number of benzene rings is 2. The van der Waals surface area contributed by atoms with Gasteiger partial charge in [-0.2, -0.15) is 0 Å². The summed E-state index contributed by atoms with van der Waals surface area (Å²) in [5.74, 6) is 0. The summed E-state index contributed by atoms with van der Waals surface area (Å²) in [6.45, 7) is 9.36. The Morgan fingerprint density at radius 3 is 1.86 bits per heavy atom. The molecule has 0 N–H and O–H groups in total. The summed E-state index contributed by atoms with van der Waals surface area (Å²) in [6, 6.07) is 19.3. The molecule has 0 bridgehead atoms. The molecule has 0 spiro atoms. The van der Waals surface area contributed by atoms with E-state index in [-0.39, 0.29) is 14.0 Å². The van der Waals surface area contributed by atoms with Gasteiger partial charge in [-0.1, -0.05) is 90.2 Å². The molecule has 0 amide bonds. The van der Waals surface area contributed by atoms with Gasteiger partial charge in [0.25, 0.3) is 0 Å². The first-order chi connectivity index (χ1) is 10.6. The molecule has 118 valence electrons. The Hall–Kier alpha value is -1.17. The lowest BCUT2D eigenvalue weighted by molar-refractivity contribution is 0.137. The van der Waals surface area contributed by atoms with E-state index in [1.165, 1.54) is 16.4 Å². The van der Waals surface area contributed by atoms with Crippen molar-refractivity contribution in [1.82, 2.24) is 0 Å². The van der Waals surface area contributed by atoms with Crippen molar-refractivity contribution in [1.29, 1.82) is 0 Å². The zero-order chi connectivity index (χ0) is 16.1. The van der Waals surface area contributed by atoms with Crippen molar-refractivity contribution in [3.8, 4) is 0 Å². The van der Waals surface area contributed by atoms with Crippen molar-refractivity contribution in [3.05, 3.63) is 65.7 Å². The summed E-state index contributed by atoms with van der Waals surface area (Å²) >= 11 is 0. The minimum atomic E-state index is -0.203. The van der Waals surface area contributed by atoms with Crippen LogP contribution in [0.1, 0.15) is 44.9 Å². The molecule has 2 aromatic carbocycles. The van der Waals surface area contributed by atoms with Crippen LogP contribution in [0.15, 0.2) is 54.6 Å². The average molecular weight is 314 g/mol. The molecule has 0 aliphatic heterocycles. The van der Waals surface area contributed by atoms with Crippen LogP contribution >= 0.6 is 7.92 Å². The SMILES string of the molecule is COC(c1ccccc1)c1ccccc1P(C(C)C)C(C)C. The third-order valence-corrected chi connectivity index (χ3v) is 7.14. The molecule has 2 rings (SSSR count). The second kappa shape index (κ2) is 7.90. The van der Waals surface area contributed by atoms with Gasteiger partial charge in [0, 0.05) is 7.11 Å². The van der Waals surface area contributed by atoms with E-state index in [9.17, 15) is 0 Å². The highest BCUT2D eigenvalue weighted by Crippen LogP contribution is 2.47. The van der Waals surface area contributed by atoms with Crippen molar-refractivity contribution >= 4 is 13.2 Å². The fraction of sp³-hybridized carbons (Fsp3) is 0.400. The zero-order valence-electron chi connectivity index (χ0n) is 14.3. The Labute approximate surface area is 136 Å². The van der Waals surface area contributed by atoms with Crippen molar-refractivity contribution in [2.45, 2.75) is 45.1 Å². The van der Waals surface area contributed by atoms with Gasteiger partial charge in [0.1, 0.15) is 6.10 Å². The van der Waals surface area contributed by atoms with Crippen LogP contribution in [0.2, 0.25) is 0 Å². The number of ether oxygens (including phenoxy) is 1. The molecule has 0 aromatic heterocycles. The maximum Gasteiger partial charge on any atom is 0.108 e. The molecule has 2 heteroatoms. The van der Waals surface area contributed by atoms with E-state index in [0.29, 0.717) is 11.3 Å². The molecule has 2 aromatic rings. The number of rotatable bonds is 6. The van der Waals surface area contributed by atoms with Crippen LogP contribution in [-0.2, 0) is 4.74 Å². The lowest BCUT2D eigenvalue weighted by Crippen LogP contribution is -2.21. The van der Waals surface area contributed by atoms with Gasteiger partial charge in [-0.15, -0.1) is 0 Å². The van der Waals surface area contributed by atoms with Gasteiger partial charge in [-0.3, -0.25) is 0 Å². The van der Waals surface area contributed by atoms with Crippen molar-refractivity contribution in [3.63, 3.8) is 0 Å². The summed E-state index contributed by atoms with van der Waals surface area (Å²) in [5, 5.41) is 1.48. The van der Waals surface area contributed by atoms with Crippen molar-refractivity contribution in [2.24, 2.45) is 0 Å². The van der Waals surface area contributed by atoms with Gasteiger partial charge in [0.05, 0.1) is 0 Å². The molecule has 22 heavy (non-hydrogen) atoms. The molecule has 0 saturated carbocycles. The minimum absolute atomic E-state index is 0.0138. The van der Waals surface area contributed by atoms with E-state index in [2.05, 4.69) is 82.3 Å². The molecule has 1 unspecified atom stereocenters. The second-order valence-corrected chi connectivity index (χ2v) is 9.54. The van der Waals surface area contributed by atoms with Gasteiger partial charge in [0.15, 0.2) is 0 Å². The summed E-state index contributed by atoms with van der Waals surface area (Å²) in [5.41, 5.74) is 3.89. The summed E-state index contributed by atoms with van der Waals surface area (Å²) in [4.78, 5) is 0. The van der Waals surface area contributed by atoms with E-state index in [4.69, 9.17) is 4.74 Å². The quantitative estimate of drug-likeness (QED) is 0.653. The first-order valence-corrected chi connectivity index (χ1v) is 9.49. The normalized spacial score (nSPS) is 13.1. The number of hydrogen-bond acceptors (Lipinski definition) is 1. The highest BCUT2D eigenvalue weighted by molar-refractivity contribution is 7.67. The highest BCUT2D eigenvalue weighted by atomic mass is 31.1. The Morgan fingerprint density at radius 1 is 0.773 bits per heavy atom. The maximum atomic E-state index is 5.88. The van der Waals surface area contributed by atoms with Crippen LogP contribution in [0.25, 0.3) is 0 Å². The molecule has 0 aliphatic carbocycles. The standard InChI is InChI=1S/C20H27OP/c1-15(2)22(16(3)4)19-14-10-9-13-18(19)20(21-5)17-11-7-6-8-12-17/h6-16,20H,1-5H3. The van der Waals surface area contributed by atoms with E-state index in [1.54, 1.807) is 0 Å². The summed E-state index contributed by atoms with van der Waals surface area (Å²) < 4.78 is 5.88. The minimum Gasteiger partial charge on any atom is -0.372 e. The Balaban J connectivity index is 2.51. The molecule has 1 nitrogen and oxygen atoms in total. The molecular weight excluding hydrogens is 287 g/mol. The van der Waals surface area contributed by atoms with E-state index >= 15 is 0 Å². The first kappa shape index (κ1) is 17.2. The van der Waals surface area contributed by atoms with Gasteiger partial charge in [0.2, 0.25) is 0 Å². The second-order valence-electron chi connectivity index (χ2n) is 6.18. The van der Waals surface area contributed by atoms with Crippen LogP contribution in [-0.4, -0.2) is 18.4 Å². The highest BCUT2D eigenvalue weighted by Gasteiger charge is 2.25. The van der Waals surface area contributed by atoms with E-state index in [0.717, 1.165) is 0 Å². The van der Waals surface area contributed by atoms with Crippen LogP contribution < -0.4 is 5.30 Å². The van der Waals surface area contributed by atoms with Gasteiger partial charge in [-0.25, -0.2) is 0 Å². The summed E-state index contributed by atoms with van der Waals surface area (Å²) in [6.07, 6.45) is 0.0138. The van der Waals surface area contributed by atoms with E-state index < -0.39 is 0 Å². The maximum absolute atomic E-state index is 5.88. The Bertz CT molecular complexity index is 569. The lowest BCUT2D eigenvalue weighted by Gasteiger charge is -2.30. The molecule has 1 atom stereocenters. The van der Waals surface area contributed by atoms with Crippen molar-refractivity contribution in [2.75, 3.05) is 7.11 Å². The van der Waals surface area contributed by atoms with Crippen LogP contribution in [0.5, 0.6) is 0 Å². The molecule has 0 aliphatic rings. The topological polar surface area (TPSA) is 9.23 Å². The van der Waals surface area contributed by atoms with Crippen molar-refractivity contribution < 1.29 is 4.74 Å². The Morgan fingerprint density at radius 2 is 1.32 bits per heavy atom. The number of methoxy groups -OCH3 is 1. The largest absolute Gasteiger partial charge is 0.372 e. The van der Waals surface area contributed by atoms with Crippen LogP contribution in [0.3, 0.4) is 0 Å². The molecular formula is C20H27OP. The first-order valence-electron chi connectivity index (χ1n) is 8.01. The molecule has 0 radical (unpaired) electrons. The monoisotopic (exact) mass is 314 g/mol. The average Bonchev–Trinajstić information content (AvgIpc) is 2.50. The fourth-order valence-electron chi connectivity index (χ4n) is 3.17. The van der Waals surface area contributed by atoms with Gasteiger partial charge in [-0.05, 0) is 27.7 Å². The summed E-state index contributed by atoms with van der Waals surface area (Å²) in [7, 11) is 1.60.